The molecule has 8 heteroatoms. The molecule has 0 amide bonds. The molecule has 22 heavy (non-hydrogen) atoms. The number of aliphatic hydroxyl groups excluding tert-OH is 2. The summed E-state index contributed by atoms with van der Waals surface area (Å²) in [7, 11) is 0. The van der Waals surface area contributed by atoms with E-state index in [-0.39, 0.29) is 12.3 Å². The topological polar surface area (TPSA) is 109 Å². The zero-order valence-electron chi connectivity index (χ0n) is 12.0. The molecular weight excluding hydrogens is 306 g/mol. The predicted molar refractivity (Wildman–Crippen MR) is 82.6 cm³/mol. The Morgan fingerprint density at radius 2 is 2.09 bits per heavy atom. The fraction of sp³-hybridized carbons (Fsp3) is 0.357. The van der Waals surface area contributed by atoms with E-state index in [1.807, 2.05) is 6.92 Å². The molecule has 0 aliphatic rings. The van der Waals surface area contributed by atoms with E-state index in [2.05, 4.69) is 10.3 Å². The van der Waals surface area contributed by atoms with Gasteiger partial charge in [0.15, 0.2) is 0 Å². The Bertz CT molecular complexity index is 629. The highest BCUT2D eigenvalue weighted by Gasteiger charge is 2.21. The lowest BCUT2D eigenvalue weighted by atomic mass is 10.0. The Morgan fingerprint density at radius 1 is 1.41 bits per heavy atom. The molecule has 3 N–H and O–H groups in total. The van der Waals surface area contributed by atoms with Gasteiger partial charge in [-0.1, -0.05) is 0 Å². The van der Waals surface area contributed by atoms with Gasteiger partial charge in [-0.05, 0) is 24.6 Å². The fourth-order valence-corrected chi connectivity index (χ4v) is 2.75. The molecule has 0 aliphatic carbocycles. The van der Waals surface area contributed by atoms with E-state index in [9.17, 15) is 20.3 Å². The lowest BCUT2D eigenvalue weighted by molar-refractivity contribution is -0.384. The van der Waals surface area contributed by atoms with Crippen LogP contribution in [0.2, 0.25) is 0 Å². The average Bonchev–Trinajstić information content (AvgIpc) is 2.93. The van der Waals surface area contributed by atoms with Crippen molar-refractivity contribution in [1.29, 1.82) is 0 Å². The van der Waals surface area contributed by atoms with Gasteiger partial charge in [-0.2, -0.15) is 0 Å². The van der Waals surface area contributed by atoms with Gasteiger partial charge in [0.25, 0.3) is 5.69 Å². The van der Waals surface area contributed by atoms with Crippen molar-refractivity contribution in [2.45, 2.75) is 25.6 Å². The van der Waals surface area contributed by atoms with Crippen LogP contribution in [-0.4, -0.2) is 32.8 Å². The van der Waals surface area contributed by atoms with E-state index in [1.165, 1.54) is 35.6 Å². The van der Waals surface area contributed by atoms with E-state index >= 15 is 0 Å². The van der Waals surface area contributed by atoms with Crippen LogP contribution in [0.4, 0.5) is 5.69 Å². The highest BCUT2D eigenvalue weighted by molar-refractivity contribution is 7.09. The van der Waals surface area contributed by atoms with Gasteiger partial charge in [0.2, 0.25) is 0 Å². The Balaban J connectivity index is 2.03. The summed E-state index contributed by atoms with van der Waals surface area (Å²) in [5.74, 6) is 0. The Hall–Kier alpha value is -1.87. The van der Waals surface area contributed by atoms with Gasteiger partial charge in [-0.25, -0.2) is 4.98 Å². The van der Waals surface area contributed by atoms with Crippen molar-refractivity contribution in [2.24, 2.45) is 0 Å². The van der Waals surface area contributed by atoms with Crippen LogP contribution < -0.4 is 5.32 Å². The van der Waals surface area contributed by atoms with Crippen molar-refractivity contribution in [3.05, 3.63) is 56.0 Å². The van der Waals surface area contributed by atoms with Crippen molar-refractivity contribution >= 4 is 17.0 Å². The number of aromatic nitrogens is 1. The first-order valence-electron chi connectivity index (χ1n) is 6.68. The van der Waals surface area contributed by atoms with Crippen molar-refractivity contribution in [1.82, 2.24) is 10.3 Å². The fourth-order valence-electron chi connectivity index (χ4n) is 2.02. The van der Waals surface area contributed by atoms with Gasteiger partial charge in [-0.3, -0.25) is 10.1 Å². The van der Waals surface area contributed by atoms with Gasteiger partial charge < -0.3 is 15.5 Å². The van der Waals surface area contributed by atoms with Gasteiger partial charge in [-0.15, -0.1) is 11.3 Å². The number of hydrogen-bond acceptors (Lipinski definition) is 7. The lowest BCUT2D eigenvalue weighted by Gasteiger charge is -2.22. The highest BCUT2D eigenvalue weighted by atomic mass is 32.1. The minimum Gasteiger partial charge on any atom is -0.395 e. The molecule has 2 rings (SSSR count). The summed E-state index contributed by atoms with van der Waals surface area (Å²) in [6, 6.07) is 5.08. The smallest absolute Gasteiger partial charge is 0.269 e. The third-order valence-electron chi connectivity index (χ3n) is 3.39. The monoisotopic (exact) mass is 323 g/mol. The Morgan fingerprint density at radius 3 is 2.59 bits per heavy atom. The lowest BCUT2D eigenvalue weighted by Crippen LogP contribution is -2.37. The predicted octanol–water partition coefficient (Wildman–Crippen LogP) is 1.54. The summed E-state index contributed by atoms with van der Waals surface area (Å²) in [5.41, 5.74) is 3.13. The molecule has 2 aromatic rings. The highest BCUT2D eigenvalue weighted by Crippen LogP contribution is 2.21. The molecule has 0 aliphatic heterocycles. The van der Waals surface area contributed by atoms with Crippen LogP contribution in [-0.2, 0) is 6.54 Å². The second kappa shape index (κ2) is 7.41. The maximum atomic E-state index is 10.6. The molecule has 0 bridgehead atoms. The molecule has 0 fully saturated rings. The number of aryl methyl sites for hydroxylation is 1. The minimum atomic E-state index is -0.959. The number of nitrogens with one attached hydrogen (secondary N) is 1. The zero-order valence-corrected chi connectivity index (χ0v) is 12.8. The van der Waals surface area contributed by atoms with Crippen LogP contribution in [0.1, 0.15) is 22.2 Å². The molecule has 1 aromatic heterocycles. The molecule has 0 saturated carbocycles. The van der Waals surface area contributed by atoms with E-state index in [4.69, 9.17) is 0 Å². The first-order valence-corrected chi connectivity index (χ1v) is 7.56. The van der Waals surface area contributed by atoms with Crippen molar-refractivity contribution < 1.29 is 15.1 Å². The molecule has 2 atom stereocenters. The summed E-state index contributed by atoms with van der Waals surface area (Å²) in [6.45, 7) is 2.13. The largest absolute Gasteiger partial charge is 0.395 e. The van der Waals surface area contributed by atoms with Crippen LogP contribution >= 0.6 is 11.3 Å². The Kier molecular flexibility index (Phi) is 5.56. The standard InChI is InChI=1S/C14H17N3O4S/c1-9-13(22-8-16-9)6-15-12(7-18)14(19)10-2-4-11(5-3-10)17(20)21/h2-5,8,12,14-15,18-19H,6-7H2,1H3/t12-,14+/m0/s1. The third kappa shape index (κ3) is 3.86. The molecule has 1 heterocycles. The summed E-state index contributed by atoms with van der Waals surface area (Å²) in [5, 5.41) is 33.5. The quantitative estimate of drug-likeness (QED) is 0.527. The number of hydrogen-bond donors (Lipinski definition) is 3. The second-order valence-corrected chi connectivity index (χ2v) is 5.76. The van der Waals surface area contributed by atoms with Crippen molar-refractivity contribution in [3.8, 4) is 0 Å². The molecule has 1 aromatic carbocycles. The number of non-ortho nitro benzene ring substituents is 1. The van der Waals surface area contributed by atoms with E-state index in [0.717, 1.165) is 10.6 Å². The summed E-state index contributed by atoms with van der Waals surface area (Å²) >= 11 is 1.50. The molecule has 7 nitrogen and oxygen atoms in total. The number of thiazole rings is 1. The zero-order chi connectivity index (χ0) is 16.1. The number of nitro groups is 1. The molecular formula is C14H17N3O4S. The third-order valence-corrected chi connectivity index (χ3v) is 4.33. The molecule has 0 spiro atoms. The number of aliphatic hydroxyl groups is 2. The van der Waals surface area contributed by atoms with Gasteiger partial charge >= 0.3 is 0 Å². The summed E-state index contributed by atoms with van der Waals surface area (Å²) in [4.78, 5) is 15.3. The maximum absolute atomic E-state index is 10.6. The Labute approximate surface area is 131 Å². The van der Waals surface area contributed by atoms with Crippen LogP contribution in [0.25, 0.3) is 0 Å². The van der Waals surface area contributed by atoms with Gasteiger partial charge in [0.05, 0.1) is 34.9 Å². The first kappa shape index (κ1) is 16.5. The molecule has 0 unspecified atom stereocenters. The van der Waals surface area contributed by atoms with Crippen LogP contribution in [0.5, 0.6) is 0 Å². The number of nitrogens with zero attached hydrogens (tertiary/aromatic N) is 2. The second-order valence-electron chi connectivity index (χ2n) is 4.82. The van der Waals surface area contributed by atoms with Crippen LogP contribution in [0, 0.1) is 17.0 Å². The summed E-state index contributed by atoms with van der Waals surface area (Å²) in [6.07, 6.45) is -0.959. The molecule has 0 radical (unpaired) electrons. The first-order chi connectivity index (χ1) is 10.5. The maximum Gasteiger partial charge on any atom is 0.269 e. The van der Waals surface area contributed by atoms with E-state index in [0.29, 0.717) is 12.1 Å². The number of nitro benzene ring substituents is 1. The number of rotatable bonds is 7. The minimum absolute atomic E-state index is 0.0373. The van der Waals surface area contributed by atoms with Gasteiger partial charge in [0, 0.05) is 23.6 Å². The summed E-state index contributed by atoms with van der Waals surface area (Å²) < 4.78 is 0. The van der Waals surface area contributed by atoms with Crippen LogP contribution in [0.3, 0.4) is 0 Å². The average molecular weight is 323 g/mol. The van der Waals surface area contributed by atoms with E-state index in [1.54, 1.807) is 5.51 Å². The molecule has 0 saturated heterocycles. The van der Waals surface area contributed by atoms with Gasteiger partial charge in [0.1, 0.15) is 0 Å². The SMILES string of the molecule is Cc1ncsc1CN[C@@H](CO)[C@H](O)c1ccc([N+](=O)[O-])cc1. The van der Waals surface area contributed by atoms with Crippen molar-refractivity contribution in [2.75, 3.05) is 6.61 Å². The molecule has 118 valence electrons. The van der Waals surface area contributed by atoms with Crippen LogP contribution in [0.15, 0.2) is 29.8 Å². The number of benzene rings is 1. The normalized spacial score (nSPS) is 13.8. The van der Waals surface area contributed by atoms with E-state index < -0.39 is 17.1 Å². The van der Waals surface area contributed by atoms with Crippen molar-refractivity contribution in [3.63, 3.8) is 0 Å².